The number of carbonyl (C=O) groups is 1. The third-order valence-corrected chi connectivity index (χ3v) is 5.40. The fourth-order valence-corrected chi connectivity index (χ4v) is 4.23. The van der Waals surface area contributed by atoms with E-state index in [9.17, 15) is 13.6 Å². The molecule has 0 saturated heterocycles. The van der Waals surface area contributed by atoms with E-state index in [4.69, 9.17) is 5.73 Å². The molecule has 0 bridgehead atoms. The van der Waals surface area contributed by atoms with Crippen molar-refractivity contribution in [2.24, 2.45) is 5.73 Å². The maximum Gasteiger partial charge on any atom is 0.217 e. The summed E-state index contributed by atoms with van der Waals surface area (Å²) in [7, 11) is 0. The number of carbonyl (C=O) groups excluding carboxylic acids is 1. The second-order valence-electron chi connectivity index (χ2n) is 7.36. The van der Waals surface area contributed by atoms with Crippen molar-refractivity contribution in [1.82, 2.24) is 10.6 Å². The quantitative estimate of drug-likeness (QED) is 0.482. The summed E-state index contributed by atoms with van der Waals surface area (Å²) >= 11 is 3.55. The molecule has 3 rings (SSSR count). The fraction of sp³-hybridized carbons (Fsp3) is 0.381. The lowest BCUT2D eigenvalue weighted by atomic mass is 9.99. The van der Waals surface area contributed by atoms with Crippen molar-refractivity contribution in [3.05, 3.63) is 63.1 Å². The maximum atomic E-state index is 13.5. The molecule has 0 unspecified atom stereocenters. The number of rotatable bonds is 8. The Morgan fingerprint density at radius 1 is 1.24 bits per heavy atom. The number of fused-ring (bicyclic) bond motifs is 1. The molecule has 1 aliphatic heterocycles. The van der Waals surface area contributed by atoms with Crippen LogP contribution < -0.4 is 21.7 Å². The van der Waals surface area contributed by atoms with E-state index in [2.05, 4.69) is 44.0 Å². The van der Waals surface area contributed by atoms with Crippen LogP contribution in [0.25, 0.3) is 0 Å². The second-order valence-corrected chi connectivity index (χ2v) is 8.28. The Hall–Kier alpha value is -2.03. The lowest BCUT2D eigenvalue weighted by Gasteiger charge is -2.25. The van der Waals surface area contributed by atoms with Gasteiger partial charge in [-0.05, 0) is 53.8 Å². The first-order valence-corrected chi connectivity index (χ1v) is 10.3. The van der Waals surface area contributed by atoms with Gasteiger partial charge in [-0.2, -0.15) is 0 Å². The minimum atomic E-state index is -0.649. The van der Waals surface area contributed by atoms with Gasteiger partial charge < -0.3 is 21.7 Å². The van der Waals surface area contributed by atoms with E-state index < -0.39 is 23.7 Å². The highest BCUT2D eigenvalue weighted by Gasteiger charge is 2.21. The average molecular weight is 467 g/mol. The van der Waals surface area contributed by atoms with Gasteiger partial charge >= 0.3 is 0 Å². The summed E-state index contributed by atoms with van der Waals surface area (Å²) in [6.07, 6.45) is 1.24. The molecule has 29 heavy (non-hydrogen) atoms. The molecule has 0 spiro atoms. The minimum Gasteiger partial charge on any atom is -0.384 e. The zero-order valence-corrected chi connectivity index (χ0v) is 17.8. The van der Waals surface area contributed by atoms with Crippen molar-refractivity contribution in [3.8, 4) is 0 Å². The summed E-state index contributed by atoms with van der Waals surface area (Å²) in [6.45, 7) is 3.37. The van der Waals surface area contributed by atoms with E-state index in [1.165, 1.54) is 24.6 Å². The van der Waals surface area contributed by atoms with E-state index in [1.807, 2.05) is 0 Å². The Bertz CT molecular complexity index is 873. The summed E-state index contributed by atoms with van der Waals surface area (Å²) in [4.78, 5) is 11.6. The number of hydrogen-bond acceptors (Lipinski definition) is 4. The number of anilines is 1. The van der Waals surface area contributed by atoms with Crippen molar-refractivity contribution in [2.45, 2.75) is 38.4 Å². The molecule has 8 heteroatoms. The van der Waals surface area contributed by atoms with Gasteiger partial charge in [-0.25, -0.2) is 8.78 Å². The number of hydrogen-bond donors (Lipinski definition) is 4. The number of benzene rings is 2. The Kier molecular flexibility index (Phi) is 7.21. The summed E-state index contributed by atoms with van der Waals surface area (Å²) < 4.78 is 28.0. The lowest BCUT2D eigenvalue weighted by molar-refractivity contribution is -0.119. The monoisotopic (exact) mass is 466 g/mol. The first-order chi connectivity index (χ1) is 13.8. The molecule has 5 N–H and O–H groups in total. The molecule has 5 nitrogen and oxygen atoms in total. The SMILES string of the molecule is CC(=O)N[C@@H](Cc1cc(F)cc(F)c1)[C@@H](N)CNCc1cc(Br)cc2c1NCC2. The normalized spacial score (nSPS) is 14.8. The highest BCUT2D eigenvalue weighted by Crippen LogP contribution is 2.30. The van der Waals surface area contributed by atoms with E-state index in [1.54, 1.807) is 0 Å². The molecule has 1 heterocycles. The van der Waals surface area contributed by atoms with Crippen molar-refractivity contribution in [2.75, 3.05) is 18.4 Å². The molecule has 1 amide bonds. The molecule has 0 fully saturated rings. The Morgan fingerprint density at radius 3 is 2.66 bits per heavy atom. The van der Waals surface area contributed by atoms with Crippen LogP contribution in [0.5, 0.6) is 0 Å². The topological polar surface area (TPSA) is 79.2 Å². The molecular weight excluding hydrogens is 442 g/mol. The molecule has 2 aromatic carbocycles. The van der Waals surface area contributed by atoms with Crippen LogP contribution in [0.4, 0.5) is 14.5 Å². The Balaban J connectivity index is 1.63. The van der Waals surface area contributed by atoms with Crippen LogP contribution >= 0.6 is 15.9 Å². The molecular formula is C21H25BrF2N4O. The molecule has 0 radical (unpaired) electrons. The van der Waals surface area contributed by atoms with Gasteiger partial charge in [0, 0.05) is 54.9 Å². The summed E-state index contributed by atoms with van der Waals surface area (Å²) in [5.74, 6) is -1.54. The average Bonchev–Trinajstić information content (AvgIpc) is 3.08. The first kappa shape index (κ1) is 21.7. The van der Waals surface area contributed by atoms with Gasteiger partial charge in [0.1, 0.15) is 11.6 Å². The van der Waals surface area contributed by atoms with Crippen LogP contribution in [-0.2, 0) is 24.2 Å². The summed E-state index contributed by atoms with van der Waals surface area (Å²) in [6, 6.07) is 6.64. The molecule has 0 saturated carbocycles. The van der Waals surface area contributed by atoms with Gasteiger partial charge in [-0.1, -0.05) is 15.9 Å². The predicted molar refractivity (Wildman–Crippen MR) is 114 cm³/mol. The predicted octanol–water partition coefficient (Wildman–Crippen LogP) is 2.86. The Labute approximate surface area is 177 Å². The third-order valence-electron chi connectivity index (χ3n) is 4.94. The molecule has 1 aliphatic rings. The molecule has 2 aromatic rings. The summed E-state index contributed by atoms with van der Waals surface area (Å²) in [5.41, 5.74) is 10.3. The molecule has 156 valence electrons. The van der Waals surface area contributed by atoms with Crippen LogP contribution in [0.2, 0.25) is 0 Å². The lowest BCUT2D eigenvalue weighted by Crippen LogP contribution is -2.52. The molecule has 0 aromatic heterocycles. The summed E-state index contributed by atoms with van der Waals surface area (Å²) in [5, 5.41) is 9.54. The first-order valence-electron chi connectivity index (χ1n) is 9.55. The van der Waals surface area contributed by atoms with Gasteiger partial charge in [0.25, 0.3) is 0 Å². The highest BCUT2D eigenvalue weighted by atomic mass is 79.9. The van der Waals surface area contributed by atoms with Crippen molar-refractivity contribution < 1.29 is 13.6 Å². The second kappa shape index (κ2) is 9.65. The van der Waals surface area contributed by atoms with Crippen molar-refractivity contribution >= 4 is 27.5 Å². The number of nitrogens with two attached hydrogens (primary N) is 1. The fourth-order valence-electron chi connectivity index (χ4n) is 3.68. The van der Waals surface area contributed by atoms with Crippen LogP contribution in [0.15, 0.2) is 34.8 Å². The van der Waals surface area contributed by atoms with Crippen LogP contribution in [0.3, 0.4) is 0 Å². The van der Waals surface area contributed by atoms with Crippen LogP contribution in [0, 0.1) is 11.6 Å². The number of nitrogens with one attached hydrogen (secondary N) is 3. The number of halogens is 3. The molecule has 2 atom stereocenters. The maximum absolute atomic E-state index is 13.5. The number of amides is 1. The van der Waals surface area contributed by atoms with E-state index in [0.717, 1.165) is 34.8 Å². The largest absolute Gasteiger partial charge is 0.384 e. The zero-order valence-electron chi connectivity index (χ0n) is 16.2. The zero-order chi connectivity index (χ0) is 21.0. The highest BCUT2D eigenvalue weighted by molar-refractivity contribution is 9.10. The van der Waals surface area contributed by atoms with Gasteiger partial charge in [-0.15, -0.1) is 0 Å². The van der Waals surface area contributed by atoms with E-state index >= 15 is 0 Å². The van der Waals surface area contributed by atoms with Gasteiger partial charge in [0.05, 0.1) is 0 Å². The van der Waals surface area contributed by atoms with Crippen LogP contribution in [0.1, 0.15) is 23.6 Å². The van der Waals surface area contributed by atoms with E-state index in [0.29, 0.717) is 18.7 Å². The molecule has 0 aliphatic carbocycles. The van der Waals surface area contributed by atoms with Gasteiger partial charge in [0.2, 0.25) is 5.91 Å². The van der Waals surface area contributed by atoms with Gasteiger partial charge in [-0.3, -0.25) is 4.79 Å². The smallest absolute Gasteiger partial charge is 0.217 e. The van der Waals surface area contributed by atoms with Crippen LogP contribution in [-0.4, -0.2) is 31.1 Å². The standard InChI is InChI=1S/C21H25BrF2N4O/c1-12(29)28-20(6-13-4-17(23)9-18(24)5-13)19(25)11-26-10-15-8-16(22)7-14-2-3-27-21(14)15/h4-5,7-9,19-20,26-27H,2-3,6,10-11,25H2,1H3,(H,28,29)/t19-,20-/m0/s1. The minimum absolute atomic E-state index is 0.240. The van der Waals surface area contributed by atoms with Gasteiger partial charge in [0.15, 0.2) is 0 Å². The van der Waals surface area contributed by atoms with Crippen molar-refractivity contribution in [3.63, 3.8) is 0 Å². The van der Waals surface area contributed by atoms with E-state index in [-0.39, 0.29) is 12.3 Å². The third kappa shape index (κ3) is 5.98. The Morgan fingerprint density at radius 2 is 1.97 bits per heavy atom. The van der Waals surface area contributed by atoms with Crippen molar-refractivity contribution in [1.29, 1.82) is 0 Å².